The first-order valence-electron chi connectivity index (χ1n) is 14.1. The van der Waals surface area contributed by atoms with Gasteiger partial charge < -0.3 is 19.5 Å². The molecule has 0 saturated carbocycles. The van der Waals surface area contributed by atoms with Crippen molar-refractivity contribution in [3.8, 4) is 11.8 Å². The molecule has 210 valence electrons. The van der Waals surface area contributed by atoms with Gasteiger partial charge in [-0.3, -0.25) is 9.59 Å². The van der Waals surface area contributed by atoms with Crippen LogP contribution in [0, 0.1) is 11.3 Å². The summed E-state index contributed by atoms with van der Waals surface area (Å²) in [6, 6.07) is 23.3. The summed E-state index contributed by atoms with van der Waals surface area (Å²) in [4.78, 5) is 33.8. The van der Waals surface area contributed by atoms with E-state index in [1.54, 1.807) is 21.6 Å². The third kappa shape index (κ3) is 5.28. The van der Waals surface area contributed by atoms with Gasteiger partial charge >= 0.3 is 0 Å². The summed E-state index contributed by atoms with van der Waals surface area (Å²) in [7, 11) is 1.82. The van der Waals surface area contributed by atoms with E-state index < -0.39 is 5.41 Å². The molecule has 8 nitrogen and oxygen atoms in total. The Hall–Kier alpha value is -4.64. The minimum Gasteiger partial charge on any atom is -0.488 e. The zero-order valence-corrected chi connectivity index (χ0v) is 24.0. The van der Waals surface area contributed by atoms with Gasteiger partial charge in [-0.15, -0.1) is 0 Å². The van der Waals surface area contributed by atoms with Crippen LogP contribution in [0.5, 0.6) is 5.75 Å². The van der Waals surface area contributed by atoms with Crippen LogP contribution in [0.3, 0.4) is 0 Å². The molecule has 2 aromatic heterocycles. The number of aromatic nitrogens is 2. The van der Waals surface area contributed by atoms with Crippen molar-refractivity contribution in [2.75, 3.05) is 18.4 Å². The van der Waals surface area contributed by atoms with Crippen molar-refractivity contribution in [2.45, 2.75) is 51.6 Å². The summed E-state index contributed by atoms with van der Waals surface area (Å²) < 4.78 is 8.06. The van der Waals surface area contributed by atoms with Gasteiger partial charge in [0.05, 0.1) is 34.4 Å². The maximum Gasteiger partial charge on any atom is 0.274 e. The van der Waals surface area contributed by atoms with Gasteiger partial charge in [-0.05, 0) is 56.9 Å². The molecule has 0 bridgehead atoms. The number of anilines is 1. The number of fused-ring (bicyclic) bond motifs is 1. The summed E-state index contributed by atoms with van der Waals surface area (Å²) in [5.74, 6) is 0.0643. The Kier molecular flexibility index (Phi) is 7.80. The molecular weight excluding hydrogens is 514 g/mol. The van der Waals surface area contributed by atoms with Gasteiger partial charge in [-0.2, -0.15) is 5.26 Å². The van der Waals surface area contributed by atoms with Crippen LogP contribution in [0.2, 0.25) is 0 Å². The van der Waals surface area contributed by atoms with Crippen molar-refractivity contribution >= 4 is 28.5 Å². The molecule has 8 heteroatoms. The third-order valence-electron chi connectivity index (χ3n) is 7.81. The summed E-state index contributed by atoms with van der Waals surface area (Å²) in [5.41, 5.74) is 3.27. The van der Waals surface area contributed by atoms with Gasteiger partial charge in [-0.25, -0.2) is 4.98 Å². The highest BCUT2D eigenvalue weighted by Gasteiger charge is 2.39. The van der Waals surface area contributed by atoms with E-state index in [0.29, 0.717) is 66.1 Å². The van der Waals surface area contributed by atoms with Crippen LogP contribution < -0.4 is 10.1 Å². The number of nitrogens with zero attached hydrogens (tertiary/aromatic N) is 4. The molecule has 4 aromatic rings. The van der Waals surface area contributed by atoms with E-state index in [-0.39, 0.29) is 17.9 Å². The molecular formula is C33H35N5O3. The predicted molar refractivity (Wildman–Crippen MR) is 159 cm³/mol. The molecule has 0 aliphatic carbocycles. The topological polar surface area (TPSA) is 100 Å². The van der Waals surface area contributed by atoms with Crippen molar-refractivity contribution in [1.29, 1.82) is 5.26 Å². The lowest BCUT2D eigenvalue weighted by molar-refractivity contribution is 0.0676. The molecule has 1 aliphatic heterocycles. The molecule has 1 fully saturated rings. The number of piperidine rings is 1. The summed E-state index contributed by atoms with van der Waals surface area (Å²) >= 11 is 0. The molecule has 5 rings (SSSR count). The van der Waals surface area contributed by atoms with Crippen molar-refractivity contribution in [1.82, 2.24) is 14.5 Å². The highest BCUT2D eigenvalue weighted by Crippen LogP contribution is 2.39. The number of nitriles is 1. The van der Waals surface area contributed by atoms with E-state index in [9.17, 15) is 14.9 Å². The van der Waals surface area contributed by atoms with Gasteiger partial charge in [0.25, 0.3) is 11.8 Å². The van der Waals surface area contributed by atoms with Gasteiger partial charge in [0.15, 0.2) is 11.4 Å². The van der Waals surface area contributed by atoms with Crippen molar-refractivity contribution in [3.63, 3.8) is 0 Å². The average molecular weight is 550 g/mol. The summed E-state index contributed by atoms with van der Waals surface area (Å²) in [6.07, 6.45) is 1.51. The maximum atomic E-state index is 14.1. The molecule has 2 aromatic carbocycles. The molecule has 1 saturated heterocycles. The minimum atomic E-state index is -0.613. The van der Waals surface area contributed by atoms with Crippen LogP contribution in [0.15, 0.2) is 66.7 Å². The first-order chi connectivity index (χ1) is 19.8. The van der Waals surface area contributed by atoms with Gasteiger partial charge in [0, 0.05) is 25.7 Å². The zero-order chi connectivity index (χ0) is 29.1. The highest BCUT2D eigenvalue weighted by atomic mass is 16.5. The predicted octanol–water partition coefficient (Wildman–Crippen LogP) is 5.87. The number of pyridine rings is 1. The number of rotatable bonds is 7. The molecule has 0 radical (unpaired) electrons. The van der Waals surface area contributed by atoms with Crippen molar-refractivity contribution < 1.29 is 14.3 Å². The smallest absolute Gasteiger partial charge is 0.274 e. The number of aryl methyl sites for hydroxylation is 2. The Morgan fingerprint density at radius 3 is 2.29 bits per heavy atom. The SMILES string of the molecule is CCc1nc2c(cc1NC(=O)c1ccccc1)c(OC(C)C)c(C(=O)N1CCC(C#N)(c3ccccc3)CC1)n2C. The standard InChI is InChI=1S/C33H35N5O3/c1-5-26-27(36-31(39)23-12-8-6-9-13-23)20-25-29(41-22(2)3)28(37(4)30(25)35-26)32(40)38-18-16-33(21-34,17-19-38)24-14-10-7-11-15-24/h6-15,20,22H,5,16-19H2,1-4H3,(H,36,39). The number of benzene rings is 2. The fourth-order valence-corrected chi connectivity index (χ4v) is 5.57. The van der Waals surface area contributed by atoms with E-state index >= 15 is 0 Å². The quantitative estimate of drug-likeness (QED) is 0.311. The number of hydrogen-bond donors (Lipinski definition) is 1. The number of nitrogens with one attached hydrogen (secondary N) is 1. The van der Waals surface area contributed by atoms with Gasteiger partial charge in [-0.1, -0.05) is 55.5 Å². The Morgan fingerprint density at radius 2 is 1.71 bits per heavy atom. The van der Waals surface area contributed by atoms with Crippen LogP contribution in [-0.2, 0) is 18.9 Å². The number of carbonyl (C=O) groups excluding carboxylic acids is 2. The fourth-order valence-electron chi connectivity index (χ4n) is 5.57. The largest absolute Gasteiger partial charge is 0.488 e. The van der Waals surface area contributed by atoms with E-state index in [1.165, 1.54) is 0 Å². The molecule has 0 unspecified atom stereocenters. The summed E-state index contributed by atoms with van der Waals surface area (Å²) in [6.45, 7) is 6.72. The summed E-state index contributed by atoms with van der Waals surface area (Å²) in [5, 5.41) is 13.8. The van der Waals surface area contributed by atoms with Gasteiger partial charge in [0.2, 0.25) is 0 Å². The molecule has 0 spiro atoms. The van der Waals surface area contributed by atoms with E-state index in [1.807, 2.05) is 82.4 Å². The minimum absolute atomic E-state index is 0.159. The average Bonchev–Trinajstić information content (AvgIpc) is 3.26. The zero-order valence-electron chi connectivity index (χ0n) is 24.0. The van der Waals surface area contributed by atoms with Crippen LogP contribution in [0.4, 0.5) is 5.69 Å². The fraction of sp³-hybridized carbons (Fsp3) is 0.333. The van der Waals surface area contributed by atoms with Crippen LogP contribution >= 0.6 is 0 Å². The maximum absolute atomic E-state index is 14.1. The van der Waals surface area contributed by atoms with Crippen molar-refractivity contribution in [2.24, 2.45) is 7.05 Å². The second kappa shape index (κ2) is 11.5. The number of ether oxygens (including phenoxy) is 1. The molecule has 41 heavy (non-hydrogen) atoms. The lowest BCUT2D eigenvalue weighted by Crippen LogP contribution is -2.45. The molecule has 1 aliphatic rings. The van der Waals surface area contributed by atoms with Crippen LogP contribution in [-0.4, -0.2) is 45.5 Å². The normalized spacial score (nSPS) is 14.6. The lowest BCUT2D eigenvalue weighted by Gasteiger charge is -2.37. The Morgan fingerprint density at radius 1 is 1.07 bits per heavy atom. The van der Waals surface area contributed by atoms with Crippen molar-refractivity contribution in [3.05, 3.63) is 89.2 Å². The molecule has 2 amide bonds. The van der Waals surface area contributed by atoms with E-state index in [4.69, 9.17) is 9.72 Å². The second-order valence-electron chi connectivity index (χ2n) is 10.8. The number of hydrogen-bond acceptors (Lipinski definition) is 5. The van der Waals surface area contributed by atoms with Crippen LogP contribution in [0.25, 0.3) is 11.0 Å². The number of likely N-dealkylation sites (tertiary alicyclic amines) is 1. The van der Waals surface area contributed by atoms with Gasteiger partial charge in [0.1, 0.15) is 5.65 Å². The third-order valence-corrected chi connectivity index (χ3v) is 7.81. The Labute approximate surface area is 240 Å². The second-order valence-corrected chi connectivity index (χ2v) is 10.8. The Balaban J connectivity index is 1.51. The molecule has 0 atom stereocenters. The highest BCUT2D eigenvalue weighted by molar-refractivity contribution is 6.07. The first-order valence-corrected chi connectivity index (χ1v) is 14.1. The lowest BCUT2D eigenvalue weighted by atomic mass is 9.74. The monoisotopic (exact) mass is 549 g/mol. The van der Waals surface area contributed by atoms with E-state index in [2.05, 4.69) is 11.4 Å². The molecule has 1 N–H and O–H groups in total. The van der Waals surface area contributed by atoms with E-state index in [0.717, 1.165) is 11.3 Å². The molecule has 3 heterocycles. The van der Waals surface area contributed by atoms with Crippen LogP contribution in [0.1, 0.15) is 65.7 Å². The number of carbonyl (C=O) groups is 2. The Bertz CT molecular complexity index is 1610. The first kappa shape index (κ1) is 27.9. The number of amides is 2.